The predicted molar refractivity (Wildman–Crippen MR) is 109 cm³/mol. The van der Waals surface area contributed by atoms with Gasteiger partial charge >= 0.3 is 33.4 Å². The summed E-state index contributed by atoms with van der Waals surface area (Å²) in [5, 5.41) is 3.43. The molecule has 0 saturated carbocycles. The first kappa shape index (κ1) is 28.4. The van der Waals surface area contributed by atoms with E-state index in [1.54, 1.807) is 19.9 Å². The van der Waals surface area contributed by atoms with E-state index in [1.807, 2.05) is 6.20 Å². The Hall–Kier alpha value is -3.21. The second-order valence-corrected chi connectivity index (χ2v) is 8.06. The Morgan fingerprint density at radius 3 is 2.03 bits per heavy atom. The van der Waals surface area contributed by atoms with Gasteiger partial charge in [0.15, 0.2) is 0 Å². The molecule has 37 heavy (non-hydrogen) atoms. The van der Waals surface area contributed by atoms with Gasteiger partial charge in [-0.1, -0.05) is 36.0 Å². The van der Waals surface area contributed by atoms with Crippen molar-refractivity contribution < 1.29 is 56.2 Å². The molecule has 0 aromatic carbocycles. The number of rotatable bonds is 4. The van der Waals surface area contributed by atoms with E-state index < -0.39 is 46.4 Å². The van der Waals surface area contributed by atoms with E-state index in [9.17, 15) is 35.1 Å². The minimum atomic E-state index is -5.33. The number of halogens is 8. The van der Waals surface area contributed by atoms with Crippen LogP contribution in [0.25, 0.3) is 17.1 Å². The first-order chi connectivity index (χ1) is 16.7. The van der Waals surface area contributed by atoms with Crippen molar-refractivity contribution in [2.75, 3.05) is 0 Å². The molecule has 0 aliphatic heterocycles. The van der Waals surface area contributed by atoms with Crippen molar-refractivity contribution in [2.24, 2.45) is 0 Å². The monoisotopic (exact) mass is 706 g/mol. The number of aromatic nitrogens is 5. The number of alkyl halides is 6. The van der Waals surface area contributed by atoms with E-state index in [0.717, 1.165) is 4.68 Å². The van der Waals surface area contributed by atoms with Crippen LogP contribution in [0, 0.1) is 24.2 Å². The molecule has 4 aromatic heterocycles. The summed E-state index contributed by atoms with van der Waals surface area (Å²) in [5.74, 6) is -3.94. The first-order valence-electron chi connectivity index (χ1n) is 10.0. The molecule has 0 radical (unpaired) electrons. The number of nitrogens with zero attached hydrogens (tertiary/aromatic N) is 5. The second-order valence-electron chi connectivity index (χ2n) is 8.06. The van der Waals surface area contributed by atoms with Gasteiger partial charge in [0.25, 0.3) is 0 Å². The topological polar surface area (TPSA) is 56.5 Å². The second kappa shape index (κ2) is 9.92. The maximum atomic E-state index is 14.6. The number of hydrogen-bond donors (Lipinski definition) is 0. The van der Waals surface area contributed by atoms with E-state index >= 15 is 0 Å². The molecule has 0 bridgehead atoms. The summed E-state index contributed by atoms with van der Waals surface area (Å²) in [4.78, 5) is 11.5. The Bertz CT molecular complexity index is 1430. The van der Waals surface area contributed by atoms with E-state index in [2.05, 4.69) is 26.2 Å². The molecule has 196 valence electrons. The minimum absolute atomic E-state index is 0. The van der Waals surface area contributed by atoms with Crippen molar-refractivity contribution in [1.82, 2.24) is 24.7 Å². The summed E-state index contributed by atoms with van der Waals surface area (Å²) in [6.07, 6.45) is -5.75. The van der Waals surface area contributed by atoms with Gasteiger partial charge in [0.2, 0.25) is 0 Å². The van der Waals surface area contributed by atoms with Crippen LogP contribution in [0.4, 0.5) is 35.1 Å². The minimum Gasteiger partial charge on any atom is -0.343 e. The van der Waals surface area contributed by atoms with Crippen LogP contribution in [0.2, 0.25) is 0 Å². The van der Waals surface area contributed by atoms with E-state index in [4.69, 9.17) is 0 Å². The van der Waals surface area contributed by atoms with Crippen molar-refractivity contribution in [2.45, 2.75) is 31.6 Å². The molecular weight excluding hydrogens is 693 g/mol. The molecule has 0 spiro atoms. The third kappa shape index (κ3) is 5.56. The molecule has 0 aliphatic carbocycles. The van der Waals surface area contributed by atoms with Crippen LogP contribution >= 0.6 is 0 Å². The summed E-state index contributed by atoms with van der Waals surface area (Å²) in [7, 11) is 0. The van der Waals surface area contributed by atoms with Gasteiger partial charge in [-0.2, -0.15) is 26.3 Å². The largest absolute Gasteiger partial charge is 2.00 e. The molecule has 5 nitrogen and oxygen atoms in total. The van der Waals surface area contributed by atoms with Gasteiger partial charge in [-0.15, -0.1) is 6.07 Å². The molecule has 4 aromatic rings. The van der Waals surface area contributed by atoms with E-state index in [0.29, 0.717) is 11.8 Å². The van der Waals surface area contributed by atoms with Crippen molar-refractivity contribution in [3.8, 4) is 17.1 Å². The standard InChI is InChI=1S/C23H13F8N5.Pt/c1-21(2,15-7-4-8-17(34-15)36-10-9-16(35-36)22(26,27)28)14-6-3-5-13(33-14)12-11-32-20(25)18(19(12)24)23(29,30)31;/h3-9H,1-2H3;/q-2;+2. The normalized spacial score (nSPS) is 12.4. The molecule has 0 N–H and O–H groups in total. The Labute approximate surface area is 218 Å². The fourth-order valence-electron chi connectivity index (χ4n) is 3.32. The third-order valence-corrected chi connectivity index (χ3v) is 5.25. The Morgan fingerprint density at radius 2 is 1.43 bits per heavy atom. The van der Waals surface area contributed by atoms with Gasteiger partial charge in [-0.25, -0.2) is 4.39 Å². The summed E-state index contributed by atoms with van der Waals surface area (Å²) >= 11 is 0. The van der Waals surface area contributed by atoms with Gasteiger partial charge in [-0.05, 0) is 37.9 Å². The van der Waals surface area contributed by atoms with Crippen LogP contribution in [0.15, 0.2) is 42.5 Å². The Balaban J connectivity index is 0.00000380. The smallest absolute Gasteiger partial charge is 0.343 e. The average molecular weight is 706 g/mol. The predicted octanol–water partition coefficient (Wildman–Crippen LogP) is 5.96. The van der Waals surface area contributed by atoms with Crippen LogP contribution in [0.1, 0.15) is 36.5 Å². The van der Waals surface area contributed by atoms with Gasteiger partial charge < -0.3 is 14.6 Å². The van der Waals surface area contributed by atoms with Crippen molar-refractivity contribution >= 4 is 0 Å². The fraction of sp³-hybridized carbons (Fsp3) is 0.217. The zero-order chi connectivity index (χ0) is 26.5. The van der Waals surface area contributed by atoms with E-state index in [1.165, 1.54) is 30.3 Å². The summed E-state index contributed by atoms with van der Waals surface area (Å²) in [5.41, 5.74) is -4.94. The average Bonchev–Trinajstić information content (AvgIpc) is 3.30. The summed E-state index contributed by atoms with van der Waals surface area (Å²) in [6, 6.07) is 9.24. The Morgan fingerprint density at radius 1 is 0.811 bits per heavy atom. The van der Waals surface area contributed by atoms with Crippen molar-refractivity contribution in [3.05, 3.63) is 89.3 Å². The van der Waals surface area contributed by atoms with Crippen molar-refractivity contribution in [3.63, 3.8) is 0 Å². The first-order valence-corrected chi connectivity index (χ1v) is 10.0. The van der Waals surface area contributed by atoms with Crippen LogP contribution in [0.5, 0.6) is 0 Å². The molecule has 0 saturated heterocycles. The molecule has 14 heteroatoms. The van der Waals surface area contributed by atoms with E-state index in [-0.39, 0.29) is 38.3 Å². The van der Waals surface area contributed by atoms with Crippen LogP contribution < -0.4 is 0 Å². The molecule has 0 atom stereocenters. The SMILES string of the molecule is CC(C)(c1cccc(-c2[c-]nc(F)c(C(F)(F)F)c2F)n1)c1cccc(-n2[c-]cc(C(F)(F)F)n2)n1.[Pt+2]. The van der Waals surface area contributed by atoms with Gasteiger partial charge in [-0.3, -0.25) is 14.5 Å². The maximum absolute atomic E-state index is 14.6. The quantitative estimate of drug-likeness (QED) is 0.149. The summed E-state index contributed by atoms with van der Waals surface area (Å²) in [6.45, 7) is 3.28. The molecule has 0 fully saturated rings. The zero-order valence-corrected chi connectivity index (χ0v) is 20.9. The summed E-state index contributed by atoms with van der Waals surface area (Å²) < 4.78 is 107. The fourth-order valence-corrected chi connectivity index (χ4v) is 3.32. The molecule has 4 heterocycles. The van der Waals surface area contributed by atoms with Gasteiger partial charge in [0.05, 0.1) is 22.9 Å². The molecule has 0 amide bonds. The molecule has 4 rings (SSSR count). The molecule has 0 aliphatic rings. The third-order valence-electron chi connectivity index (χ3n) is 5.25. The van der Waals surface area contributed by atoms with Gasteiger partial charge in [0, 0.05) is 16.8 Å². The van der Waals surface area contributed by atoms with Crippen LogP contribution in [-0.4, -0.2) is 24.7 Å². The molecule has 0 unspecified atom stereocenters. The van der Waals surface area contributed by atoms with Gasteiger partial charge in [0.1, 0.15) is 5.95 Å². The number of hydrogen-bond acceptors (Lipinski definition) is 4. The van der Waals surface area contributed by atoms with Crippen molar-refractivity contribution in [1.29, 1.82) is 0 Å². The maximum Gasteiger partial charge on any atom is 2.00 e. The number of pyridine rings is 3. The van der Waals surface area contributed by atoms with Crippen LogP contribution in [0.3, 0.4) is 0 Å². The Kier molecular flexibility index (Phi) is 7.60. The van der Waals surface area contributed by atoms with Crippen LogP contribution in [-0.2, 0) is 38.8 Å². The zero-order valence-electron chi connectivity index (χ0n) is 18.6. The molecular formula is C23H13F8N5Pt.